The molecular formula is C31H26F4. The van der Waals surface area contributed by atoms with Gasteiger partial charge in [-0.05, 0) is 40.7 Å². The fourth-order valence-corrected chi connectivity index (χ4v) is 4.10. The minimum absolute atomic E-state index is 0.126. The fourth-order valence-electron chi connectivity index (χ4n) is 4.10. The van der Waals surface area contributed by atoms with Crippen LogP contribution in [0.4, 0.5) is 17.6 Å². The van der Waals surface area contributed by atoms with Crippen LogP contribution in [0.15, 0.2) is 72.8 Å². The molecule has 0 radical (unpaired) electrons. The molecule has 0 aliphatic rings. The first-order valence-electron chi connectivity index (χ1n) is 11.8. The second-order valence-electron chi connectivity index (χ2n) is 8.49. The molecule has 0 aliphatic heterocycles. The Labute approximate surface area is 203 Å². The van der Waals surface area contributed by atoms with Crippen LogP contribution in [0.25, 0.3) is 34.4 Å². The number of hydrogen-bond acceptors (Lipinski definition) is 0. The van der Waals surface area contributed by atoms with Crippen molar-refractivity contribution in [1.29, 1.82) is 0 Å². The average molecular weight is 475 g/mol. The normalized spacial score (nSPS) is 11.4. The summed E-state index contributed by atoms with van der Waals surface area (Å²) in [7, 11) is 0. The summed E-state index contributed by atoms with van der Waals surface area (Å²) in [6.07, 6.45) is 5.53. The van der Waals surface area contributed by atoms with Crippen molar-refractivity contribution in [2.45, 2.75) is 33.1 Å². The molecule has 4 aromatic rings. The molecule has 0 fully saturated rings. The molecule has 0 atom stereocenters. The van der Waals surface area contributed by atoms with Crippen molar-refractivity contribution in [3.63, 3.8) is 0 Å². The van der Waals surface area contributed by atoms with E-state index < -0.39 is 23.3 Å². The summed E-state index contributed by atoms with van der Waals surface area (Å²) in [4.78, 5) is 0. The van der Waals surface area contributed by atoms with E-state index in [9.17, 15) is 17.6 Å². The maximum atomic E-state index is 14.8. The predicted octanol–water partition coefficient (Wildman–Crippen LogP) is 9.26. The zero-order valence-corrected chi connectivity index (χ0v) is 19.7. The zero-order chi connectivity index (χ0) is 24.9. The molecule has 4 aromatic carbocycles. The molecule has 35 heavy (non-hydrogen) atoms. The van der Waals surface area contributed by atoms with Gasteiger partial charge in [-0.2, -0.15) is 0 Å². The number of benzene rings is 4. The van der Waals surface area contributed by atoms with Crippen LogP contribution in [0, 0.1) is 23.3 Å². The minimum atomic E-state index is -0.915. The summed E-state index contributed by atoms with van der Waals surface area (Å²) in [5.41, 5.74) is 3.90. The number of rotatable bonds is 7. The van der Waals surface area contributed by atoms with Crippen LogP contribution in [-0.2, 0) is 12.8 Å². The van der Waals surface area contributed by atoms with Gasteiger partial charge in [-0.25, -0.2) is 17.6 Å². The van der Waals surface area contributed by atoms with Crippen molar-refractivity contribution in [3.05, 3.63) is 118 Å². The Morgan fingerprint density at radius 2 is 1.14 bits per heavy atom. The third-order valence-corrected chi connectivity index (χ3v) is 6.14. The molecule has 0 aliphatic carbocycles. The van der Waals surface area contributed by atoms with E-state index in [1.54, 1.807) is 61.5 Å². The van der Waals surface area contributed by atoms with E-state index in [4.69, 9.17) is 0 Å². The highest BCUT2D eigenvalue weighted by molar-refractivity contribution is 5.74. The third kappa shape index (κ3) is 5.22. The highest BCUT2D eigenvalue weighted by Gasteiger charge is 2.15. The molecule has 0 saturated heterocycles. The summed E-state index contributed by atoms with van der Waals surface area (Å²) >= 11 is 0. The Hall–Kier alpha value is -3.66. The van der Waals surface area contributed by atoms with Crippen LogP contribution >= 0.6 is 0 Å². The standard InChI is InChI=1S/C31H26F4/c1-3-5-20-6-11-23(12-7-20)27-19-17-25(29(33)31(27)35)15-10-21-8-13-24(14-9-21)26-18-16-22(4-2)28(32)30(26)34/h6-19H,3-5H2,1-2H3. The molecule has 0 aromatic heterocycles. The predicted molar refractivity (Wildman–Crippen MR) is 136 cm³/mol. The van der Waals surface area contributed by atoms with Crippen molar-refractivity contribution in [3.8, 4) is 22.3 Å². The van der Waals surface area contributed by atoms with Gasteiger partial charge in [-0.1, -0.05) is 105 Å². The summed E-state index contributed by atoms with van der Waals surface area (Å²) in [5, 5.41) is 0. The lowest BCUT2D eigenvalue weighted by atomic mass is 9.99. The monoisotopic (exact) mass is 474 g/mol. The Balaban J connectivity index is 1.54. The average Bonchev–Trinajstić information content (AvgIpc) is 2.88. The molecule has 0 saturated carbocycles. The number of halogens is 4. The second-order valence-corrected chi connectivity index (χ2v) is 8.49. The molecule has 4 heteroatoms. The van der Waals surface area contributed by atoms with Crippen LogP contribution in [-0.4, -0.2) is 0 Å². The van der Waals surface area contributed by atoms with Gasteiger partial charge >= 0.3 is 0 Å². The molecule has 0 nitrogen and oxygen atoms in total. The van der Waals surface area contributed by atoms with Crippen molar-refractivity contribution < 1.29 is 17.6 Å². The van der Waals surface area contributed by atoms with Gasteiger partial charge in [0.2, 0.25) is 0 Å². The highest BCUT2D eigenvalue weighted by atomic mass is 19.2. The van der Waals surface area contributed by atoms with E-state index in [1.165, 1.54) is 6.08 Å². The fraction of sp³-hybridized carbons (Fsp3) is 0.161. The van der Waals surface area contributed by atoms with E-state index in [1.807, 2.05) is 24.3 Å². The lowest BCUT2D eigenvalue weighted by molar-refractivity contribution is 0.502. The first kappa shape index (κ1) is 24.5. The summed E-state index contributed by atoms with van der Waals surface area (Å²) in [6.45, 7) is 3.86. The van der Waals surface area contributed by atoms with Gasteiger partial charge in [0.1, 0.15) is 0 Å². The highest BCUT2D eigenvalue weighted by Crippen LogP contribution is 2.29. The molecular weight excluding hydrogens is 448 g/mol. The number of hydrogen-bond donors (Lipinski definition) is 0. The van der Waals surface area contributed by atoms with Crippen molar-refractivity contribution >= 4 is 12.2 Å². The first-order valence-corrected chi connectivity index (χ1v) is 11.8. The molecule has 0 amide bonds. The Kier molecular flexibility index (Phi) is 7.50. The number of aryl methyl sites for hydroxylation is 2. The molecule has 0 bridgehead atoms. The summed E-state index contributed by atoms with van der Waals surface area (Å²) < 4.78 is 58.2. The van der Waals surface area contributed by atoms with Crippen LogP contribution in [0.5, 0.6) is 0 Å². The van der Waals surface area contributed by atoms with Crippen LogP contribution in [0.3, 0.4) is 0 Å². The maximum absolute atomic E-state index is 14.8. The van der Waals surface area contributed by atoms with Gasteiger partial charge in [0.05, 0.1) is 0 Å². The van der Waals surface area contributed by atoms with Crippen molar-refractivity contribution in [1.82, 2.24) is 0 Å². The Bertz CT molecular complexity index is 1350. The first-order chi connectivity index (χ1) is 16.9. The van der Waals surface area contributed by atoms with Crippen molar-refractivity contribution in [2.24, 2.45) is 0 Å². The topological polar surface area (TPSA) is 0 Å². The molecule has 4 rings (SSSR count). The van der Waals surface area contributed by atoms with E-state index in [-0.39, 0.29) is 16.7 Å². The molecule has 0 heterocycles. The SMILES string of the molecule is CCCc1ccc(-c2ccc(C=Cc3ccc(-c4ccc(CC)c(F)c4F)cc3)c(F)c2F)cc1. The largest absolute Gasteiger partial charge is 0.203 e. The van der Waals surface area contributed by atoms with Crippen molar-refractivity contribution in [2.75, 3.05) is 0 Å². The Morgan fingerprint density at radius 1 is 0.571 bits per heavy atom. The van der Waals surface area contributed by atoms with E-state index in [0.29, 0.717) is 23.1 Å². The summed E-state index contributed by atoms with van der Waals surface area (Å²) in [6, 6.07) is 20.6. The quantitative estimate of drug-likeness (QED) is 0.185. The van der Waals surface area contributed by atoms with Crippen LogP contribution < -0.4 is 0 Å². The van der Waals surface area contributed by atoms with Gasteiger partial charge in [-0.3, -0.25) is 0 Å². The lowest BCUT2D eigenvalue weighted by Gasteiger charge is -2.08. The Morgan fingerprint density at radius 3 is 1.74 bits per heavy atom. The maximum Gasteiger partial charge on any atom is 0.167 e. The summed E-state index contributed by atoms with van der Waals surface area (Å²) in [5.74, 6) is -3.50. The molecule has 0 spiro atoms. The van der Waals surface area contributed by atoms with Crippen LogP contribution in [0.2, 0.25) is 0 Å². The minimum Gasteiger partial charge on any atom is -0.203 e. The third-order valence-electron chi connectivity index (χ3n) is 6.14. The van der Waals surface area contributed by atoms with E-state index in [2.05, 4.69) is 6.92 Å². The molecule has 178 valence electrons. The van der Waals surface area contributed by atoms with E-state index >= 15 is 0 Å². The van der Waals surface area contributed by atoms with Crippen LogP contribution in [0.1, 0.15) is 42.5 Å². The van der Waals surface area contributed by atoms with Gasteiger partial charge in [0, 0.05) is 16.7 Å². The molecule has 0 N–H and O–H groups in total. The van der Waals surface area contributed by atoms with Gasteiger partial charge in [-0.15, -0.1) is 0 Å². The van der Waals surface area contributed by atoms with Gasteiger partial charge in [0.25, 0.3) is 0 Å². The second kappa shape index (κ2) is 10.7. The lowest BCUT2D eigenvalue weighted by Crippen LogP contribution is -1.95. The van der Waals surface area contributed by atoms with Gasteiger partial charge < -0.3 is 0 Å². The zero-order valence-electron chi connectivity index (χ0n) is 19.7. The smallest absolute Gasteiger partial charge is 0.167 e. The van der Waals surface area contributed by atoms with Gasteiger partial charge in [0.15, 0.2) is 23.3 Å². The molecule has 0 unspecified atom stereocenters. The van der Waals surface area contributed by atoms with E-state index in [0.717, 1.165) is 24.0 Å².